The van der Waals surface area contributed by atoms with Crippen molar-refractivity contribution in [3.05, 3.63) is 139 Å². The molecule has 8 rings (SSSR count). The van der Waals surface area contributed by atoms with Crippen LogP contribution in [-0.4, -0.2) is 14.5 Å². The average molecular weight is 528 g/mol. The number of benzene rings is 5. The third kappa shape index (κ3) is 3.76. The molecule has 4 nitrogen and oxygen atoms in total. The largest absolute Gasteiger partial charge is 0.454 e. The standard InChI is InChI=1S/C37H25N3O/c1-24-22-33-34(38-23-24)29-18-11-19-30(36(29)41-33)37-39-31-20-8-9-21-32(31)40(37)35-27(25-12-4-2-5-13-25)16-10-17-28(35)26-14-6-3-7-15-26/h2-23H,1H3. The van der Waals surface area contributed by atoms with Crippen LogP contribution in [0.3, 0.4) is 0 Å². The Hall–Kier alpha value is -5.48. The van der Waals surface area contributed by atoms with Gasteiger partial charge in [-0.1, -0.05) is 97.1 Å². The molecule has 0 N–H and O–H groups in total. The smallest absolute Gasteiger partial charge is 0.154 e. The van der Waals surface area contributed by atoms with Gasteiger partial charge < -0.3 is 4.42 Å². The van der Waals surface area contributed by atoms with Gasteiger partial charge in [0.1, 0.15) is 16.9 Å². The SMILES string of the molecule is Cc1cnc2c(c1)oc1c(-c3nc4ccccc4n3-c3c(-c4ccccc4)cccc3-c3ccccc3)cccc12. The lowest BCUT2D eigenvalue weighted by atomic mass is 9.95. The number of aromatic nitrogens is 3. The lowest BCUT2D eigenvalue weighted by Gasteiger charge is -2.19. The molecule has 4 heteroatoms. The van der Waals surface area contributed by atoms with Gasteiger partial charge in [-0.2, -0.15) is 0 Å². The molecular formula is C37H25N3O. The summed E-state index contributed by atoms with van der Waals surface area (Å²) in [5.41, 5.74) is 12.0. The number of imidazole rings is 1. The lowest BCUT2D eigenvalue weighted by molar-refractivity contribution is 0.668. The summed E-state index contributed by atoms with van der Waals surface area (Å²) in [5.74, 6) is 0.827. The first-order chi connectivity index (χ1) is 20.3. The molecule has 0 aliphatic rings. The van der Waals surface area contributed by atoms with E-state index in [0.29, 0.717) is 0 Å². The van der Waals surface area contributed by atoms with E-state index in [2.05, 4.69) is 120 Å². The maximum absolute atomic E-state index is 6.52. The molecule has 8 aromatic rings. The molecule has 0 atom stereocenters. The molecule has 0 saturated carbocycles. The van der Waals surface area contributed by atoms with Crippen molar-refractivity contribution in [3.63, 3.8) is 0 Å². The Morgan fingerprint density at radius 2 is 1.27 bits per heavy atom. The van der Waals surface area contributed by atoms with Gasteiger partial charge >= 0.3 is 0 Å². The van der Waals surface area contributed by atoms with Crippen molar-refractivity contribution < 1.29 is 4.42 Å². The van der Waals surface area contributed by atoms with Crippen LogP contribution in [0, 0.1) is 6.92 Å². The van der Waals surface area contributed by atoms with Gasteiger partial charge in [-0.15, -0.1) is 0 Å². The van der Waals surface area contributed by atoms with Crippen LogP contribution in [0.15, 0.2) is 138 Å². The number of furan rings is 1. The van der Waals surface area contributed by atoms with Crippen molar-refractivity contribution >= 4 is 33.1 Å². The van der Waals surface area contributed by atoms with Crippen LogP contribution in [-0.2, 0) is 0 Å². The molecule has 0 fully saturated rings. The Morgan fingerprint density at radius 3 is 2.00 bits per heavy atom. The Morgan fingerprint density at radius 1 is 0.634 bits per heavy atom. The van der Waals surface area contributed by atoms with E-state index in [1.807, 2.05) is 25.3 Å². The van der Waals surface area contributed by atoms with Crippen LogP contribution >= 0.6 is 0 Å². The zero-order chi connectivity index (χ0) is 27.3. The molecule has 0 amide bonds. The van der Waals surface area contributed by atoms with Gasteiger partial charge in [0, 0.05) is 22.7 Å². The molecule has 0 spiro atoms. The summed E-state index contributed by atoms with van der Waals surface area (Å²) in [4.78, 5) is 9.96. The number of hydrogen-bond acceptors (Lipinski definition) is 3. The highest BCUT2D eigenvalue weighted by atomic mass is 16.3. The second kappa shape index (κ2) is 9.32. The number of aryl methyl sites for hydroxylation is 1. The van der Waals surface area contributed by atoms with E-state index in [0.717, 1.165) is 78.0 Å². The van der Waals surface area contributed by atoms with Gasteiger partial charge in [0.05, 0.1) is 22.3 Å². The summed E-state index contributed by atoms with van der Waals surface area (Å²) < 4.78 is 8.83. The first-order valence-electron chi connectivity index (χ1n) is 13.8. The van der Waals surface area contributed by atoms with Crippen LogP contribution in [0.25, 0.3) is 72.4 Å². The summed E-state index contributed by atoms with van der Waals surface area (Å²) in [7, 11) is 0. The molecule has 0 bridgehead atoms. The average Bonchev–Trinajstić information content (AvgIpc) is 3.59. The van der Waals surface area contributed by atoms with Crippen LogP contribution in [0.2, 0.25) is 0 Å². The number of para-hydroxylation sites is 4. The molecule has 3 heterocycles. The molecule has 0 saturated heterocycles. The Bertz CT molecular complexity index is 2150. The number of rotatable bonds is 4. The molecular weight excluding hydrogens is 502 g/mol. The van der Waals surface area contributed by atoms with Crippen molar-refractivity contribution in [2.24, 2.45) is 0 Å². The predicted molar refractivity (Wildman–Crippen MR) is 167 cm³/mol. The van der Waals surface area contributed by atoms with E-state index in [9.17, 15) is 0 Å². The van der Waals surface area contributed by atoms with Crippen molar-refractivity contribution in [2.45, 2.75) is 6.92 Å². The summed E-state index contributed by atoms with van der Waals surface area (Å²) >= 11 is 0. The zero-order valence-electron chi connectivity index (χ0n) is 22.5. The third-order valence-electron chi connectivity index (χ3n) is 7.70. The maximum atomic E-state index is 6.52. The summed E-state index contributed by atoms with van der Waals surface area (Å²) in [6.07, 6.45) is 1.89. The maximum Gasteiger partial charge on any atom is 0.154 e. The first-order valence-corrected chi connectivity index (χ1v) is 13.8. The van der Waals surface area contributed by atoms with E-state index in [1.165, 1.54) is 0 Å². The fourth-order valence-electron chi connectivity index (χ4n) is 5.86. The monoisotopic (exact) mass is 527 g/mol. The second-order valence-corrected chi connectivity index (χ2v) is 10.3. The first kappa shape index (κ1) is 23.4. The fraction of sp³-hybridized carbons (Fsp3) is 0.0270. The normalized spacial score (nSPS) is 11.5. The molecule has 0 aliphatic heterocycles. The minimum atomic E-state index is 0.782. The van der Waals surface area contributed by atoms with Crippen molar-refractivity contribution in [1.29, 1.82) is 0 Å². The molecule has 0 radical (unpaired) electrons. The van der Waals surface area contributed by atoms with Gasteiger partial charge in [0.15, 0.2) is 5.58 Å². The van der Waals surface area contributed by atoms with Crippen molar-refractivity contribution in [2.75, 3.05) is 0 Å². The quantitative estimate of drug-likeness (QED) is 0.229. The van der Waals surface area contributed by atoms with E-state index in [1.54, 1.807) is 0 Å². The molecule has 41 heavy (non-hydrogen) atoms. The van der Waals surface area contributed by atoms with Gasteiger partial charge in [-0.3, -0.25) is 9.55 Å². The summed E-state index contributed by atoms with van der Waals surface area (Å²) in [6.45, 7) is 2.03. The topological polar surface area (TPSA) is 43.9 Å². The highest BCUT2D eigenvalue weighted by molar-refractivity contribution is 6.08. The molecule has 3 aromatic heterocycles. The van der Waals surface area contributed by atoms with E-state index in [4.69, 9.17) is 14.4 Å². The predicted octanol–water partition coefficient (Wildman–Crippen LogP) is 9.63. The third-order valence-corrected chi connectivity index (χ3v) is 7.70. The zero-order valence-corrected chi connectivity index (χ0v) is 22.5. The van der Waals surface area contributed by atoms with Gasteiger partial charge in [-0.05, 0) is 53.9 Å². The van der Waals surface area contributed by atoms with Crippen LogP contribution in [0.5, 0.6) is 0 Å². The van der Waals surface area contributed by atoms with Crippen molar-refractivity contribution in [3.8, 4) is 39.3 Å². The molecule has 0 unspecified atom stereocenters. The second-order valence-electron chi connectivity index (χ2n) is 10.3. The number of fused-ring (bicyclic) bond motifs is 4. The van der Waals surface area contributed by atoms with Crippen LogP contribution in [0.1, 0.15) is 5.56 Å². The molecule has 194 valence electrons. The van der Waals surface area contributed by atoms with Gasteiger partial charge in [0.2, 0.25) is 0 Å². The van der Waals surface area contributed by atoms with Crippen molar-refractivity contribution in [1.82, 2.24) is 14.5 Å². The highest BCUT2D eigenvalue weighted by Crippen LogP contribution is 2.42. The lowest BCUT2D eigenvalue weighted by Crippen LogP contribution is -2.03. The fourth-order valence-corrected chi connectivity index (χ4v) is 5.86. The van der Waals surface area contributed by atoms with Crippen LogP contribution < -0.4 is 0 Å². The molecule has 5 aromatic carbocycles. The highest BCUT2D eigenvalue weighted by Gasteiger charge is 2.23. The van der Waals surface area contributed by atoms with Crippen LogP contribution in [0.4, 0.5) is 0 Å². The Labute approximate surface area is 237 Å². The minimum Gasteiger partial charge on any atom is -0.454 e. The van der Waals surface area contributed by atoms with E-state index < -0.39 is 0 Å². The minimum absolute atomic E-state index is 0.782. The summed E-state index contributed by atoms with van der Waals surface area (Å²) in [5, 5.41) is 0.982. The Balaban J connectivity index is 1.52. The summed E-state index contributed by atoms with van der Waals surface area (Å²) in [6, 6.07) is 44.3. The van der Waals surface area contributed by atoms with E-state index in [-0.39, 0.29) is 0 Å². The molecule has 0 aliphatic carbocycles. The van der Waals surface area contributed by atoms with E-state index >= 15 is 0 Å². The number of hydrogen-bond donors (Lipinski definition) is 0. The number of pyridine rings is 1. The van der Waals surface area contributed by atoms with Gasteiger partial charge in [-0.25, -0.2) is 4.98 Å². The Kier molecular flexibility index (Phi) is 5.32. The number of nitrogens with zero attached hydrogens (tertiary/aromatic N) is 3. The van der Waals surface area contributed by atoms with Gasteiger partial charge in [0.25, 0.3) is 0 Å².